The van der Waals surface area contributed by atoms with Crippen molar-refractivity contribution < 1.29 is 14.6 Å². The summed E-state index contributed by atoms with van der Waals surface area (Å²) < 4.78 is 10.4. The van der Waals surface area contributed by atoms with Gasteiger partial charge >= 0.3 is 0 Å². The molecule has 0 bridgehead atoms. The Balaban J connectivity index is 0.00000128. The summed E-state index contributed by atoms with van der Waals surface area (Å²) in [6.45, 7) is 3.56. The number of aliphatic hydroxyl groups is 1. The first-order chi connectivity index (χ1) is 7.17. The van der Waals surface area contributed by atoms with E-state index >= 15 is 0 Å². The van der Waals surface area contributed by atoms with E-state index in [4.69, 9.17) is 9.47 Å². The minimum absolute atomic E-state index is 0. The number of rotatable bonds is 3. The van der Waals surface area contributed by atoms with E-state index in [0.29, 0.717) is 5.75 Å². The van der Waals surface area contributed by atoms with Crippen LogP contribution in [0.1, 0.15) is 17.0 Å². The molecule has 1 atom stereocenters. The Hall–Kier alpha value is -1.29. The third-order valence-electron chi connectivity index (χ3n) is 2.85. The van der Waals surface area contributed by atoms with E-state index in [2.05, 4.69) is 6.58 Å². The molecule has 2 rings (SSSR count). The van der Waals surface area contributed by atoms with E-state index < -0.39 is 0 Å². The topological polar surface area (TPSA) is 38.7 Å². The van der Waals surface area contributed by atoms with Crippen molar-refractivity contribution in [3.8, 4) is 11.5 Å². The maximum Gasteiger partial charge on any atom is 0.161 e. The van der Waals surface area contributed by atoms with E-state index in [1.165, 1.54) is 5.56 Å². The predicted molar refractivity (Wildman–Crippen MR) is 68.1 cm³/mol. The van der Waals surface area contributed by atoms with Crippen LogP contribution in [0.25, 0.3) is 0 Å². The van der Waals surface area contributed by atoms with E-state index in [0.717, 1.165) is 17.7 Å². The first-order valence-electron chi connectivity index (χ1n) is 4.80. The maximum absolute atomic E-state index is 9.34. The SMILES string of the molecule is C=C(O)[C@H]1Cc2cc(OC)c(OC)cc21.S. The van der Waals surface area contributed by atoms with Crippen LogP contribution in [0.2, 0.25) is 0 Å². The van der Waals surface area contributed by atoms with Crippen LogP contribution >= 0.6 is 13.5 Å². The van der Waals surface area contributed by atoms with Gasteiger partial charge in [-0.3, -0.25) is 0 Å². The molecular formula is C12H16O3S. The highest BCUT2D eigenvalue weighted by Crippen LogP contribution is 2.44. The van der Waals surface area contributed by atoms with Gasteiger partial charge in [0.15, 0.2) is 11.5 Å². The van der Waals surface area contributed by atoms with E-state index in [1.54, 1.807) is 14.2 Å². The number of methoxy groups -OCH3 is 2. The summed E-state index contributed by atoms with van der Waals surface area (Å²) in [5.74, 6) is 1.70. The molecule has 1 N–H and O–H groups in total. The van der Waals surface area contributed by atoms with Gasteiger partial charge in [0.1, 0.15) is 0 Å². The van der Waals surface area contributed by atoms with Gasteiger partial charge in [0.25, 0.3) is 0 Å². The molecule has 1 aliphatic rings. The predicted octanol–water partition coefficient (Wildman–Crippen LogP) is 2.53. The Kier molecular flexibility index (Phi) is 3.75. The molecule has 0 spiro atoms. The van der Waals surface area contributed by atoms with Crippen LogP contribution in [0.15, 0.2) is 24.5 Å². The molecule has 0 amide bonds. The van der Waals surface area contributed by atoms with Crippen LogP contribution in [0.4, 0.5) is 0 Å². The van der Waals surface area contributed by atoms with Crippen molar-refractivity contribution >= 4 is 13.5 Å². The summed E-state index contributed by atoms with van der Waals surface area (Å²) in [5.41, 5.74) is 2.27. The van der Waals surface area contributed by atoms with Gasteiger partial charge in [0.05, 0.1) is 20.0 Å². The van der Waals surface area contributed by atoms with E-state index in [-0.39, 0.29) is 25.2 Å². The second kappa shape index (κ2) is 4.70. The number of ether oxygens (including phenoxy) is 2. The van der Waals surface area contributed by atoms with Crippen LogP contribution in [-0.2, 0) is 6.42 Å². The number of hydrogen-bond donors (Lipinski definition) is 1. The highest BCUT2D eigenvalue weighted by Gasteiger charge is 2.30. The Morgan fingerprint density at radius 2 is 1.88 bits per heavy atom. The lowest BCUT2D eigenvalue weighted by atomic mass is 9.76. The zero-order chi connectivity index (χ0) is 11.0. The summed E-state index contributed by atoms with van der Waals surface area (Å²) in [7, 11) is 3.22. The summed E-state index contributed by atoms with van der Waals surface area (Å²) in [4.78, 5) is 0. The molecule has 1 aromatic carbocycles. The van der Waals surface area contributed by atoms with Crippen LogP contribution < -0.4 is 9.47 Å². The molecule has 3 nitrogen and oxygen atoms in total. The van der Waals surface area contributed by atoms with Crippen LogP contribution in [0.3, 0.4) is 0 Å². The van der Waals surface area contributed by atoms with Gasteiger partial charge in [0.2, 0.25) is 0 Å². The van der Waals surface area contributed by atoms with Crippen LogP contribution in [-0.4, -0.2) is 19.3 Å². The van der Waals surface area contributed by atoms with Crippen molar-refractivity contribution in [2.45, 2.75) is 12.3 Å². The van der Waals surface area contributed by atoms with Gasteiger partial charge in [-0.2, -0.15) is 13.5 Å². The second-order valence-electron chi connectivity index (χ2n) is 3.65. The Labute approximate surface area is 102 Å². The summed E-state index contributed by atoms with van der Waals surface area (Å²) in [6.07, 6.45) is 0.824. The highest BCUT2D eigenvalue weighted by atomic mass is 32.1. The van der Waals surface area contributed by atoms with Gasteiger partial charge in [-0.25, -0.2) is 0 Å². The minimum Gasteiger partial charge on any atom is -0.512 e. The van der Waals surface area contributed by atoms with Gasteiger partial charge < -0.3 is 14.6 Å². The summed E-state index contributed by atoms with van der Waals surface area (Å²) >= 11 is 0. The highest BCUT2D eigenvalue weighted by molar-refractivity contribution is 7.59. The monoisotopic (exact) mass is 240 g/mol. The number of fused-ring (bicyclic) bond motifs is 1. The number of allylic oxidation sites excluding steroid dienone is 1. The second-order valence-corrected chi connectivity index (χ2v) is 3.65. The molecular weight excluding hydrogens is 224 g/mol. The smallest absolute Gasteiger partial charge is 0.161 e. The standard InChI is InChI=1S/C12H14O3.H2S/c1-7(13)9-4-8-5-11(14-2)12(15-3)6-10(8)9;/h5-6,9,13H,1,4H2,2-3H3;1H2/t9-;/m1./s1. The molecule has 1 aliphatic carbocycles. The Bertz CT molecular complexity index is 415. The molecule has 0 aliphatic heterocycles. The Morgan fingerprint density at radius 1 is 1.31 bits per heavy atom. The van der Waals surface area contributed by atoms with Crippen molar-refractivity contribution in [3.63, 3.8) is 0 Å². The molecule has 4 heteroatoms. The largest absolute Gasteiger partial charge is 0.512 e. The fourth-order valence-corrected chi connectivity index (χ4v) is 1.93. The Morgan fingerprint density at radius 3 is 2.38 bits per heavy atom. The first-order valence-corrected chi connectivity index (χ1v) is 4.80. The number of hydrogen-bond acceptors (Lipinski definition) is 3. The van der Waals surface area contributed by atoms with Crippen molar-refractivity contribution in [3.05, 3.63) is 35.6 Å². The molecule has 0 fully saturated rings. The normalized spacial score (nSPS) is 16.5. The van der Waals surface area contributed by atoms with Crippen LogP contribution in [0, 0.1) is 0 Å². The molecule has 0 saturated carbocycles. The molecule has 0 heterocycles. The summed E-state index contributed by atoms with van der Waals surface area (Å²) in [5, 5.41) is 9.34. The summed E-state index contributed by atoms with van der Waals surface area (Å²) in [6, 6.07) is 3.86. The van der Waals surface area contributed by atoms with Gasteiger partial charge in [0, 0.05) is 5.92 Å². The molecule has 0 aromatic heterocycles. The van der Waals surface area contributed by atoms with Gasteiger partial charge in [-0.15, -0.1) is 0 Å². The quantitative estimate of drug-likeness (QED) is 0.825. The molecule has 0 saturated heterocycles. The lowest BCUT2D eigenvalue weighted by Crippen LogP contribution is -2.19. The molecule has 0 unspecified atom stereocenters. The van der Waals surface area contributed by atoms with Crippen LogP contribution in [0.5, 0.6) is 11.5 Å². The fourth-order valence-electron chi connectivity index (χ4n) is 1.93. The average Bonchev–Trinajstić information content (AvgIpc) is 2.19. The van der Waals surface area contributed by atoms with Crippen molar-refractivity contribution in [2.75, 3.05) is 14.2 Å². The lowest BCUT2D eigenvalue weighted by molar-refractivity contribution is 0.341. The first kappa shape index (κ1) is 12.8. The van der Waals surface area contributed by atoms with Crippen molar-refractivity contribution in [1.82, 2.24) is 0 Å². The lowest BCUT2D eigenvalue weighted by Gasteiger charge is -2.30. The third kappa shape index (κ3) is 1.85. The maximum atomic E-state index is 9.34. The van der Waals surface area contributed by atoms with Crippen molar-refractivity contribution in [1.29, 1.82) is 0 Å². The molecule has 88 valence electrons. The number of benzene rings is 1. The average molecular weight is 240 g/mol. The van der Waals surface area contributed by atoms with Gasteiger partial charge in [-0.05, 0) is 29.7 Å². The van der Waals surface area contributed by atoms with Gasteiger partial charge in [-0.1, -0.05) is 6.58 Å². The van der Waals surface area contributed by atoms with Crippen molar-refractivity contribution in [2.24, 2.45) is 0 Å². The van der Waals surface area contributed by atoms with E-state index in [1.807, 2.05) is 12.1 Å². The number of aliphatic hydroxyl groups excluding tert-OH is 1. The minimum atomic E-state index is 0. The molecule has 16 heavy (non-hydrogen) atoms. The molecule has 1 aromatic rings. The third-order valence-corrected chi connectivity index (χ3v) is 2.85. The zero-order valence-electron chi connectivity index (χ0n) is 9.41. The molecule has 0 radical (unpaired) electrons. The van der Waals surface area contributed by atoms with E-state index in [9.17, 15) is 5.11 Å². The fraction of sp³-hybridized carbons (Fsp3) is 0.333. The zero-order valence-corrected chi connectivity index (χ0v) is 10.4.